The number of quaternary nitrogens is 1. The lowest BCUT2D eigenvalue weighted by Gasteiger charge is -2.39. The highest BCUT2D eigenvalue weighted by Crippen LogP contribution is 2.08. The maximum absolute atomic E-state index is 9.59. The molecule has 0 amide bonds. The summed E-state index contributed by atoms with van der Waals surface area (Å²) in [5.41, 5.74) is 0.287. The first-order valence-corrected chi connectivity index (χ1v) is 4.93. The molecule has 0 spiro atoms. The first kappa shape index (κ1) is 10.0. The number of rotatable bonds is 0. The van der Waals surface area contributed by atoms with Gasteiger partial charge in [-0.1, -0.05) is 6.92 Å². The quantitative estimate of drug-likeness (QED) is 0.531. The standard InChI is InChI=1S/C10H21NO/c1-8-5-9(12)7-11(6-8)10(2,3)4/h8-9,12H,5-7H2,1-4H3/p+1/t8-,9+/m0/s1. The zero-order valence-corrected chi connectivity index (χ0v) is 8.72. The topological polar surface area (TPSA) is 24.7 Å². The van der Waals surface area contributed by atoms with Gasteiger partial charge in [-0.05, 0) is 27.2 Å². The van der Waals surface area contributed by atoms with Crippen LogP contribution in [0.3, 0.4) is 0 Å². The molecule has 3 atom stereocenters. The van der Waals surface area contributed by atoms with Crippen LogP contribution in [-0.4, -0.2) is 29.8 Å². The lowest BCUT2D eigenvalue weighted by atomic mass is 9.93. The van der Waals surface area contributed by atoms with E-state index in [2.05, 4.69) is 27.7 Å². The van der Waals surface area contributed by atoms with E-state index in [0.29, 0.717) is 5.92 Å². The second kappa shape index (κ2) is 3.35. The van der Waals surface area contributed by atoms with Crippen molar-refractivity contribution >= 4 is 0 Å². The molecule has 0 aromatic heterocycles. The van der Waals surface area contributed by atoms with Gasteiger partial charge in [0.1, 0.15) is 12.6 Å². The van der Waals surface area contributed by atoms with Gasteiger partial charge in [0, 0.05) is 5.92 Å². The number of likely N-dealkylation sites (tertiary alicyclic amines) is 1. The Labute approximate surface area is 75.6 Å². The van der Waals surface area contributed by atoms with Crippen molar-refractivity contribution in [1.82, 2.24) is 0 Å². The minimum absolute atomic E-state index is 0.0806. The molecular formula is C10H22NO+. The monoisotopic (exact) mass is 172 g/mol. The smallest absolute Gasteiger partial charge is 0.104 e. The van der Waals surface area contributed by atoms with Crippen molar-refractivity contribution in [3.8, 4) is 0 Å². The maximum Gasteiger partial charge on any atom is 0.104 e. The summed E-state index contributed by atoms with van der Waals surface area (Å²) in [7, 11) is 0. The van der Waals surface area contributed by atoms with E-state index < -0.39 is 0 Å². The van der Waals surface area contributed by atoms with E-state index in [9.17, 15) is 5.11 Å². The predicted molar refractivity (Wildman–Crippen MR) is 50.2 cm³/mol. The summed E-state index contributed by atoms with van der Waals surface area (Å²) in [6.45, 7) is 11.1. The third kappa shape index (κ3) is 2.46. The van der Waals surface area contributed by atoms with Crippen LogP contribution in [0.15, 0.2) is 0 Å². The molecule has 12 heavy (non-hydrogen) atoms. The second-order valence-electron chi connectivity index (χ2n) is 5.26. The molecule has 1 rings (SSSR count). The van der Waals surface area contributed by atoms with E-state index >= 15 is 0 Å². The van der Waals surface area contributed by atoms with Gasteiger partial charge in [0.15, 0.2) is 0 Å². The van der Waals surface area contributed by atoms with Crippen molar-refractivity contribution in [3.63, 3.8) is 0 Å². The molecule has 1 heterocycles. The minimum Gasteiger partial charge on any atom is -0.387 e. The summed E-state index contributed by atoms with van der Waals surface area (Å²) in [5.74, 6) is 0.669. The molecule has 0 aromatic carbocycles. The zero-order valence-electron chi connectivity index (χ0n) is 8.72. The lowest BCUT2D eigenvalue weighted by molar-refractivity contribution is -0.957. The molecule has 1 saturated heterocycles. The van der Waals surface area contributed by atoms with E-state index in [1.165, 1.54) is 11.4 Å². The fourth-order valence-corrected chi connectivity index (χ4v) is 2.03. The van der Waals surface area contributed by atoms with Crippen LogP contribution in [0.2, 0.25) is 0 Å². The third-order valence-electron chi connectivity index (χ3n) is 2.81. The lowest BCUT2D eigenvalue weighted by Crippen LogP contribution is -3.21. The minimum atomic E-state index is -0.0806. The van der Waals surface area contributed by atoms with E-state index in [0.717, 1.165) is 13.0 Å². The van der Waals surface area contributed by atoms with Gasteiger partial charge in [-0.2, -0.15) is 0 Å². The molecule has 0 aromatic rings. The Balaban J connectivity index is 2.55. The van der Waals surface area contributed by atoms with Crippen LogP contribution in [0.1, 0.15) is 34.1 Å². The maximum atomic E-state index is 9.59. The molecule has 0 radical (unpaired) electrons. The van der Waals surface area contributed by atoms with Crippen LogP contribution in [0.4, 0.5) is 0 Å². The normalized spacial score (nSPS) is 38.2. The van der Waals surface area contributed by atoms with Gasteiger partial charge in [0.05, 0.1) is 12.1 Å². The van der Waals surface area contributed by atoms with Gasteiger partial charge in [-0.15, -0.1) is 0 Å². The molecular weight excluding hydrogens is 150 g/mol. The molecule has 0 saturated carbocycles. The SMILES string of the molecule is C[C@H]1C[C@@H](O)C[NH+](C(C)(C)C)C1. The van der Waals surface area contributed by atoms with Crippen molar-refractivity contribution in [2.24, 2.45) is 5.92 Å². The zero-order chi connectivity index (χ0) is 9.35. The van der Waals surface area contributed by atoms with Crippen LogP contribution < -0.4 is 4.90 Å². The summed E-state index contributed by atoms with van der Waals surface area (Å²) in [6.07, 6.45) is 0.905. The fraction of sp³-hybridized carbons (Fsp3) is 1.00. The van der Waals surface area contributed by atoms with Crippen LogP contribution in [0.5, 0.6) is 0 Å². The second-order valence-corrected chi connectivity index (χ2v) is 5.26. The summed E-state index contributed by atoms with van der Waals surface area (Å²) in [4.78, 5) is 1.54. The van der Waals surface area contributed by atoms with E-state index in [4.69, 9.17) is 0 Å². The molecule has 0 bridgehead atoms. The highest BCUT2D eigenvalue weighted by atomic mass is 16.3. The van der Waals surface area contributed by atoms with Crippen LogP contribution in [0, 0.1) is 5.92 Å². The van der Waals surface area contributed by atoms with E-state index in [-0.39, 0.29) is 11.6 Å². The molecule has 2 nitrogen and oxygen atoms in total. The molecule has 72 valence electrons. The van der Waals surface area contributed by atoms with Crippen molar-refractivity contribution in [1.29, 1.82) is 0 Å². The first-order chi connectivity index (χ1) is 5.39. The number of hydrogen-bond donors (Lipinski definition) is 2. The average molecular weight is 172 g/mol. The highest BCUT2D eigenvalue weighted by molar-refractivity contribution is 4.68. The molecule has 2 heteroatoms. The van der Waals surface area contributed by atoms with Gasteiger partial charge in [-0.25, -0.2) is 0 Å². The Morgan fingerprint density at radius 2 is 1.83 bits per heavy atom. The van der Waals surface area contributed by atoms with Crippen molar-refractivity contribution < 1.29 is 10.0 Å². The summed E-state index contributed by atoms with van der Waals surface area (Å²) in [5, 5.41) is 9.59. The predicted octanol–water partition coefficient (Wildman–Crippen LogP) is 0.0705. The van der Waals surface area contributed by atoms with E-state index in [1.54, 1.807) is 0 Å². The Hall–Kier alpha value is -0.0800. The Kier molecular flexibility index (Phi) is 2.79. The number of aliphatic hydroxyl groups is 1. The van der Waals surface area contributed by atoms with E-state index in [1.807, 2.05) is 0 Å². The molecule has 1 aliphatic rings. The van der Waals surface area contributed by atoms with Gasteiger partial charge < -0.3 is 10.0 Å². The molecule has 1 fully saturated rings. The van der Waals surface area contributed by atoms with Gasteiger partial charge in [-0.3, -0.25) is 0 Å². The number of nitrogens with one attached hydrogen (secondary N) is 1. The van der Waals surface area contributed by atoms with Crippen molar-refractivity contribution in [3.05, 3.63) is 0 Å². The first-order valence-electron chi connectivity index (χ1n) is 4.93. The molecule has 2 N–H and O–H groups in total. The number of hydrogen-bond acceptors (Lipinski definition) is 1. The van der Waals surface area contributed by atoms with Gasteiger partial charge in [0.2, 0.25) is 0 Å². The van der Waals surface area contributed by atoms with Gasteiger partial charge >= 0.3 is 0 Å². The molecule has 0 aliphatic carbocycles. The Bertz CT molecular complexity index is 140. The summed E-state index contributed by atoms with van der Waals surface area (Å²) >= 11 is 0. The van der Waals surface area contributed by atoms with Crippen LogP contribution in [0.25, 0.3) is 0 Å². The fourth-order valence-electron chi connectivity index (χ4n) is 2.03. The van der Waals surface area contributed by atoms with Crippen LogP contribution >= 0.6 is 0 Å². The van der Waals surface area contributed by atoms with Crippen LogP contribution in [-0.2, 0) is 0 Å². The largest absolute Gasteiger partial charge is 0.387 e. The van der Waals surface area contributed by atoms with Crippen molar-refractivity contribution in [2.75, 3.05) is 13.1 Å². The average Bonchev–Trinajstić information content (AvgIpc) is 1.82. The molecule has 1 aliphatic heterocycles. The summed E-state index contributed by atoms with van der Waals surface area (Å²) in [6, 6.07) is 0. The summed E-state index contributed by atoms with van der Waals surface area (Å²) < 4.78 is 0. The Morgan fingerprint density at radius 1 is 1.25 bits per heavy atom. The highest BCUT2D eigenvalue weighted by Gasteiger charge is 2.33. The number of aliphatic hydroxyl groups excluding tert-OH is 1. The molecule has 1 unspecified atom stereocenters. The number of piperidine rings is 1. The Morgan fingerprint density at radius 3 is 2.25 bits per heavy atom. The van der Waals surface area contributed by atoms with Gasteiger partial charge in [0.25, 0.3) is 0 Å². The third-order valence-corrected chi connectivity index (χ3v) is 2.81. The van der Waals surface area contributed by atoms with Crippen molar-refractivity contribution in [2.45, 2.75) is 45.8 Å².